The zero-order chi connectivity index (χ0) is 14.3. The Kier molecular flexibility index (Phi) is 4.44. The van der Waals surface area contributed by atoms with Crippen molar-refractivity contribution in [3.63, 3.8) is 0 Å². The molecule has 0 aliphatic rings. The highest BCUT2D eigenvalue weighted by atomic mass is 15.1. The van der Waals surface area contributed by atoms with Crippen LogP contribution >= 0.6 is 0 Å². The van der Waals surface area contributed by atoms with E-state index < -0.39 is 0 Å². The summed E-state index contributed by atoms with van der Waals surface area (Å²) in [4.78, 5) is 0. The van der Waals surface area contributed by atoms with E-state index in [0.29, 0.717) is 6.04 Å². The molecule has 3 nitrogen and oxygen atoms in total. The third-order valence-electron chi connectivity index (χ3n) is 3.59. The number of hydrogen-bond acceptors (Lipinski definition) is 2. The highest BCUT2D eigenvalue weighted by Crippen LogP contribution is 2.18. The molecular formula is C18H19N3. The van der Waals surface area contributed by atoms with Gasteiger partial charge >= 0.3 is 0 Å². The summed E-state index contributed by atoms with van der Waals surface area (Å²) in [5.41, 5.74) is 3.82. The maximum Gasteiger partial charge on any atom is 0.0532 e. The Balaban J connectivity index is 1.74. The third kappa shape index (κ3) is 3.80. The molecule has 1 unspecified atom stereocenters. The van der Waals surface area contributed by atoms with Crippen LogP contribution in [0.2, 0.25) is 0 Å². The van der Waals surface area contributed by atoms with E-state index in [9.17, 15) is 0 Å². The molecule has 21 heavy (non-hydrogen) atoms. The summed E-state index contributed by atoms with van der Waals surface area (Å²) in [7, 11) is 0. The number of H-pyrrole nitrogens is 1. The summed E-state index contributed by atoms with van der Waals surface area (Å²) in [5.74, 6) is 0. The van der Waals surface area contributed by atoms with Crippen molar-refractivity contribution in [2.24, 2.45) is 0 Å². The van der Waals surface area contributed by atoms with E-state index in [1.807, 2.05) is 12.4 Å². The van der Waals surface area contributed by atoms with Crippen LogP contribution in [-0.4, -0.2) is 10.2 Å². The molecule has 3 aromatic rings. The van der Waals surface area contributed by atoms with E-state index >= 15 is 0 Å². The molecule has 0 radical (unpaired) electrons. The molecule has 0 fully saturated rings. The molecular weight excluding hydrogens is 258 g/mol. The van der Waals surface area contributed by atoms with Gasteiger partial charge in [-0.05, 0) is 17.5 Å². The Labute approximate surface area is 125 Å². The van der Waals surface area contributed by atoms with Crippen LogP contribution in [0.4, 0.5) is 0 Å². The maximum absolute atomic E-state index is 3.99. The molecule has 1 aromatic heterocycles. The van der Waals surface area contributed by atoms with Crippen molar-refractivity contribution < 1.29 is 0 Å². The van der Waals surface area contributed by atoms with Crippen LogP contribution in [0.25, 0.3) is 0 Å². The zero-order valence-corrected chi connectivity index (χ0v) is 11.9. The first-order chi connectivity index (χ1) is 10.4. The van der Waals surface area contributed by atoms with Crippen LogP contribution in [0.15, 0.2) is 73.1 Å². The fourth-order valence-electron chi connectivity index (χ4n) is 2.46. The maximum atomic E-state index is 3.99. The van der Waals surface area contributed by atoms with Crippen molar-refractivity contribution in [1.29, 1.82) is 0 Å². The Hall–Kier alpha value is -2.39. The quantitative estimate of drug-likeness (QED) is 0.724. The van der Waals surface area contributed by atoms with E-state index in [1.165, 1.54) is 16.7 Å². The number of nitrogens with zero attached hydrogens (tertiary/aromatic N) is 1. The van der Waals surface area contributed by atoms with Crippen molar-refractivity contribution >= 4 is 0 Å². The van der Waals surface area contributed by atoms with Gasteiger partial charge in [0.1, 0.15) is 0 Å². The summed E-state index contributed by atoms with van der Waals surface area (Å²) in [6.45, 7) is 0.808. The lowest BCUT2D eigenvalue weighted by Gasteiger charge is -2.19. The molecule has 0 amide bonds. The van der Waals surface area contributed by atoms with Crippen LogP contribution in [0.1, 0.15) is 22.7 Å². The van der Waals surface area contributed by atoms with Crippen molar-refractivity contribution in [2.45, 2.75) is 19.0 Å². The van der Waals surface area contributed by atoms with Crippen molar-refractivity contribution in [2.75, 3.05) is 0 Å². The summed E-state index contributed by atoms with van der Waals surface area (Å²) in [5, 5.41) is 10.5. The van der Waals surface area contributed by atoms with Gasteiger partial charge in [0.05, 0.1) is 6.20 Å². The molecule has 2 N–H and O–H groups in total. The molecule has 0 spiro atoms. The first-order valence-electron chi connectivity index (χ1n) is 7.22. The van der Waals surface area contributed by atoms with Gasteiger partial charge < -0.3 is 5.32 Å². The van der Waals surface area contributed by atoms with E-state index in [2.05, 4.69) is 76.2 Å². The minimum Gasteiger partial charge on any atom is -0.305 e. The molecule has 0 saturated carbocycles. The van der Waals surface area contributed by atoms with Crippen LogP contribution < -0.4 is 5.32 Å². The van der Waals surface area contributed by atoms with Crippen molar-refractivity contribution in [3.8, 4) is 0 Å². The largest absolute Gasteiger partial charge is 0.305 e. The molecule has 0 aliphatic carbocycles. The number of rotatable bonds is 6. The summed E-state index contributed by atoms with van der Waals surface area (Å²) < 4.78 is 0. The van der Waals surface area contributed by atoms with Crippen LogP contribution in [-0.2, 0) is 13.0 Å². The van der Waals surface area contributed by atoms with Gasteiger partial charge in [0.2, 0.25) is 0 Å². The van der Waals surface area contributed by atoms with Gasteiger partial charge in [0.15, 0.2) is 0 Å². The van der Waals surface area contributed by atoms with Gasteiger partial charge in [-0.1, -0.05) is 60.7 Å². The molecule has 106 valence electrons. The normalized spacial score (nSPS) is 12.2. The molecule has 3 rings (SSSR count). The third-order valence-corrected chi connectivity index (χ3v) is 3.59. The number of hydrogen-bond donors (Lipinski definition) is 2. The Morgan fingerprint density at radius 3 is 2.29 bits per heavy atom. The average Bonchev–Trinajstić information content (AvgIpc) is 3.07. The van der Waals surface area contributed by atoms with Gasteiger partial charge in [-0.15, -0.1) is 0 Å². The first kappa shape index (κ1) is 13.6. The second kappa shape index (κ2) is 6.86. The highest BCUT2D eigenvalue weighted by molar-refractivity contribution is 5.24. The molecule has 2 aromatic carbocycles. The second-order valence-electron chi connectivity index (χ2n) is 5.14. The Morgan fingerprint density at radius 1 is 0.905 bits per heavy atom. The topological polar surface area (TPSA) is 40.7 Å². The minimum absolute atomic E-state index is 0.295. The fourth-order valence-corrected chi connectivity index (χ4v) is 2.46. The second-order valence-corrected chi connectivity index (χ2v) is 5.14. The molecule has 3 heteroatoms. The van der Waals surface area contributed by atoms with Gasteiger partial charge in [0, 0.05) is 24.3 Å². The summed E-state index contributed by atoms with van der Waals surface area (Å²) in [6.07, 6.45) is 4.76. The SMILES string of the molecule is c1ccc(CC(NCc2cn[nH]c2)c2ccccc2)cc1. The predicted molar refractivity (Wildman–Crippen MR) is 84.8 cm³/mol. The molecule has 1 heterocycles. The van der Waals surface area contributed by atoms with Crippen LogP contribution in [0.3, 0.4) is 0 Å². The van der Waals surface area contributed by atoms with E-state index in [1.54, 1.807) is 0 Å². The van der Waals surface area contributed by atoms with E-state index in [4.69, 9.17) is 0 Å². The standard InChI is InChI=1S/C18H19N3/c1-3-7-15(8-4-1)11-18(17-9-5-2-6-10-17)19-12-16-13-20-21-14-16/h1-10,13-14,18-19H,11-12H2,(H,20,21). The summed E-state index contributed by atoms with van der Waals surface area (Å²) in [6, 6.07) is 21.5. The first-order valence-corrected chi connectivity index (χ1v) is 7.22. The summed E-state index contributed by atoms with van der Waals surface area (Å²) >= 11 is 0. The van der Waals surface area contributed by atoms with Gasteiger partial charge in [-0.3, -0.25) is 5.10 Å². The molecule has 0 saturated heterocycles. The Bertz CT molecular complexity index is 633. The lowest BCUT2D eigenvalue weighted by atomic mass is 9.99. The van der Waals surface area contributed by atoms with Crippen molar-refractivity contribution in [3.05, 3.63) is 89.7 Å². The highest BCUT2D eigenvalue weighted by Gasteiger charge is 2.11. The molecule has 0 aliphatic heterocycles. The lowest BCUT2D eigenvalue weighted by molar-refractivity contribution is 0.530. The van der Waals surface area contributed by atoms with Crippen LogP contribution in [0.5, 0.6) is 0 Å². The monoisotopic (exact) mass is 277 g/mol. The Morgan fingerprint density at radius 2 is 1.62 bits per heavy atom. The lowest BCUT2D eigenvalue weighted by Crippen LogP contribution is -2.22. The number of benzene rings is 2. The van der Waals surface area contributed by atoms with Crippen LogP contribution in [0, 0.1) is 0 Å². The average molecular weight is 277 g/mol. The van der Waals surface area contributed by atoms with Gasteiger partial charge in [-0.25, -0.2) is 0 Å². The molecule has 0 bridgehead atoms. The zero-order valence-electron chi connectivity index (χ0n) is 11.9. The van der Waals surface area contributed by atoms with Gasteiger partial charge in [0.25, 0.3) is 0 Å². The fraction of sp³-hybridized carbons (Fsp3) is 0.167. The number of nitrogens with one attached hydrogen (secondary N) is 2. The number of aromatic nitrogens is 2. The smallest absolute Gasteiger partial charge is 0.0532 e. The number of aromatic amines is 1. The van der Waals surface area contributed by atoms with E-state index in [0.717, 1.165) is 13.0 Å². The van der Waals surface area contributed by atoms with Gasteiger partial charge in [-0.2, -0.15) is 5.10 Å². The molecule has 1 atom stereocenters. The minimum atomic E-state index is 0.295. The van der Waals surface area contributed by atoms with E-state index in [-0.39, 0.29) is 0 Å². The predicted octanol–water partition coefficient (Wildman–Crippen LogP) is 3.48. The van der Waals surface area contributed by atoms with Crippen molar-refractivity contribution in [1.82, 2.24) is 15.5 Å².